The Morgan fingerprint density at radius 2 is 1.04 bits per heavy atom. The number of rotatable bonds is 19. The van der Waals surface area contributed by atoms with Gasteiger partial charge in [-0.05, 0) is 19.3 Å². The van der Waals surface area contributed by atoms with Crippen LogP contribution in [0.15, 0.2) is 0 Å². The summed E-state index contributed by atoms with van der Waals surface area (Å²) in [6.07, 6.45) is 23.1. The van der Waals surface area contributed by atoms with Gasteiger partial charge in [-0.3, -0.25) is 9.05 Å². The van der Waals surface area contributed by atoms with Gasteiger partial charge in [-0.1, -0.05) is 103 Å². The minimum atomic E-state index is -3.47. The van der Waals surface area contributed by atoms with Crippen LogP contribution in [-0.4, -0.2) is 19.8 Å². The van der Waals surface area contributed by atoms with Crippen molar-refractivity contribution < 1.29 is 23.2 Å². The molecule has 1 aliphatic heterocycles. The summed E-state index contributed by atoms with van der Waals surface area (Å²) in [6.45, 7) is 3.52. The van der Waals surface area contributed by atoms with E-state index in [0.717, 1.165) is 25.7 Å². The van der Waals surface area contributed by atoms with Crippen molar-refractivity contribution in [2.24, 2.45) is 0 Å². The topological polar surface area (TPSA) is 54.0 Å². The van der Waals surface area contributed by atoms with Gasteiger partial charge in [-0.25, -0.2) is 9.45 Å². The Balaban J connectivity index is 1.73. The van der Waals surface area contributed by atoms with Crippen molar-refractivity contribution in [2.75, 3.05) is 19.8 Å². The van der Waals surface area contributed by atoms with Crippen molar-refractivity contribution in [1.82, 2.24) is 0 Å². The van der Waals surface area contributed by atoms with E-state index in [1.54, 1.807) is 0 Å². The summed E-state index contributed by atoms with van der Waals surface area (Å²) < 4.78 is 27.1. The molecule has 168 valence electrons. The van der Waals surface area contributed by atoms with E-state index in [2.05, 4.69) is 6.92 Å². The fourth-order valence-electron chi connectivity index (χ4n) is 3.45. The first kappa shape index (κ1) is 26.1. The maximum Gasteiger partial charge on any atom is 0.502 e. The minimum absolute atomic E-state index is 0.402. The third kappa shape index (κ3) is 15.9. The van der Waals surface area contributed by atoms with Gasteiger partial charge >= 0.3 is 7.82 Å². The van der Waals surface area contributed by atoms with E-state index in [9.17, 15) is 4.57 Å². The molecule has 0 radical (unpaired) electrons. The average molecular weight is 421 g/mol. The number of phosphoric acid groups is 1. The molecule has 0 atom stereocenters. The van der Waals surface area contributed by atoms with E-state index in [1.807, 2.05) is 0 Å². The normalized spacial score (nSPS) is 16.9. The molecule has 1 saturated heterocycles. The standard InChI is InChI=1S/C22H45O5P/c1-2-3-4-5-6-7-8-9-10-11-12-13-14-15-16-17-20-24-27-28(23)25-21-18-19-22-26-28/h2-22H2,1H3. The summed E-state index contributed by atoms with van der Waals surface area (Å²) in [5.41, 5.74) is 0. The lowest BCUT2D eigenvalue weighted by atomic mass is 10.0. The van der Waals surface area contributed by atoms with Crippen molar-refractivity contribution in [2.45, 2.75) is 122 Å². The molecular formula is C22H45O5P. The first-order valence-electron chi connectivity index (χ1n) is 12.0. The lowest BCUT2D eigenvalue weighted by Gasteiger charge is -2.13. The first-order chi connectivity index (χ1) is 13.8. The molecule has 1 fully saturated rings. The molecule has 0 bridgehead atoms. The highest BCUT2D eigenvalue weighted by Gasteiger charge is 2.29. The van der Waals surface area contributed by atoms with Gasteiger partial charge in [-0.2, -0.15) is 0 Å². The predicted molar refractivity (Wildman–Crippen MR) is 115 cm³/mol. The Hall–Kier alpha value is 0.0700. The SMILES string of the molecule is CCCCCCCCCCCCCCCCCCOOP1(=O)OCCCCO1. The van der Waals surface area contributed by atoms with E-state index >= 15 is 0 Å². The zero-order chi connectivity index (χ0) is 20.2. The van der Waals surface area contributed by atoms with Gasteiger partial charge in [0.05, 0.1) is 19.8 Å². The van der Waals surface area contributed by atoms with E-state index in [-0.39, 0.29) is 0 Å². The Morgan fingerprint density at radius 3 is 1.46 bits per heavy atom. The highest BCUT2D eigenvalue weighted by molar-refractivity contribution is 7.48. The third-order valence-corrected chi connectivity index (χ3v) is 6.55. The second-order valence-electron chi connectivity index (χ2n) is 8.02. The fraction of sp³-hybridized carbons (Fsp3) is 1.00. The lowest BCUT2D eigenvalue weighted by Crippen LogP contribution is -2.00. The van der Waals surface area contributed by atoms with E-state index < -0.39 is 7.82 Å². The van der Waals surface area contributed by atoms with Crippen LogP contribution in [0.5, 0.6) is 0 Å². The van der Waals surface area contributed by atoms with Crippen LogP contribution in [0, 0.1) is 0 Å². The average Bonchev–Trinajstić information content (AvgIpc) is 2.92. The maximum atomic E-state index is 12.0. The third-order valence-electron chi connectivity index (χ3n) is 5.26. The second kappa shape index (κ2) is 19.1. The molecule has 0 spiro atoms. The van der Waals surface area contributed by atoms with Crippen LogP contribution >= 0.6 is 7.82 Å². The molecule has 0 aromatic carbocycles. The molecule has 28 heavy (non-hydrogen) atoms. The van der Waals surface area contributed by atoms with E-state index in [0.29, 0.717) is 19.8 Å². The molecule has 0 amide bonds. The summed E-state index contributed by atoms with van der Waals surface area (Å²) in [7, 11) is -3.47. The summed E-state index contributed by atoms with van der Waals surface area (Å²) in [6, 6.07) is 0. The Morgan fingerprint density at radius 1 is 0.643 bits per heavy atom. The van der Waals surface area contributed by atoms with Gasteiger partial charge in [0.1, 0.15) is 0 Å². The fourth-order valence-corrected chi connectivity index (χ4v) is 4.52. The maximum absolute atomic E-state index is 12.0. The molecule has 0 aliphatic carbocycles. The van der Waals surface area contributed by atoms with Crippen LogP contribution in [0.2, 0.25) is 0 Å². The van der Waals surface area contributed by atoms with Gasteiger partial charge in [-0.15, -0.1) is 4.67 Å². The van der Waals surface area contributed by atoms with Gasteiger partial charge in [0.25, 0.3) is 0 Å². The summed E-state index contributed by atoms with van der Waals surface area (Å²) in [5, 5.41) is 0. The molecule has 0 N–H and O–H groups in total. The molecular weight excluding hydrogens is 375 g/mol. The summed E-state index contributed by atoms with van der Waals surface area (Å²) in [5.74, 6) is 0. The van der Waals surface area contributed by atoms with Crippen molar-refractivity contribution in [1.29, 1.82) is 0 Å². The number of unbranched alkanes of at least 4 members (excludes halogenated alkanes) is 15. The molecule has 6 heteroatoms. The largest absolute Gasteiger partial charge is 0.502 e. The number of phosphoric ester groups is 1. The van der Waals surface area contributed by atoms with E-state index in [1.165, 1.54) is 89.9 Å². The molecule has 0 aromatic heterocycles. The Kier molecular flexibility index (Phi) is 17.8. The van der Waals surface area contributed by atoms with Crippen molar-refractivity contribution >= 4 is 7.82 Å². The predicted octanol–water partition coefficient (Wildman–Crippen LogP) is 8.13. The Labute approximate surface area is 173 Å². The quantitative estimate of drug-likeness (QED) is 0.0913. The highest BCUT2D eigenvalue weighted by atomic mass is 31.2. The van der Waals surface area contributed by atoms with Crippen LogP contribution in [0.4, 0.5) is 0 Å². The van der Waals surface area contributed by atoms with Gasteiger partial charge < -0.3 is 0 Å². The van der Waals surface area contributed by atoms with Crippen LogP contribution in [0.1, 0.15) is 122 Å². The smallest absolute Gasteiger partial charge is 0.285 e. The first-order valence-corrected chi connectivity index (χ1v) is 13.4. The van der Waals surface area contributed by atoms with Gasteiger partial charge in [0.15, 0.2) is 0 Å². The molecule has 1 aliphatic rings. The van der Waals surface area contributed by atoms with Crippen LogP contribution in [-0.2, 0) is 23.2 Å². The molecule has 0 aromatic rings. The van der Waals surface area contributed by atoms with Gasteiger partial charge in [0.2, 0.25) is 0 Å². The molecule has 0 unspecified atom stereocenters. The van der Waals surface area contributed by atoms with Crippen molar-refractivity contribution in [3.63, 3.8) is 0 Å². The second-order valence-corrected chi connectivity index (χ2v) is 9.58. The molecule has 5 nitrogen and oxygen atoms in total. The summed E-state index contributed by atoms with van der Waals surface area (Å²) in [4.78, 5) is 5.04. The van der Waals surface area contributed by atoms with Gasteiger partial charge in [0, 0.05) is 0 Å². The Bertz CT molecular complexity index is 366. The van der Waals surface area contributed by atoms with Crippen LogP contribution < -0.4 is 0 Å². The number of hydrogen-bond donors (Lipinski definition) is 0. The zero-order valence-electron chi connectivity index (χ0n) is 18.3. The highest BCUT2D eigenvalue weighted by Crippen LogP contribution is 2.51. The lowest BCUT2D eigenvalue weighted by molar-refractivity contribution is -0.226. The molecule has 1 rings (SSSR count). The minimum Gasteiger partial charge on any atom is -0.285 e. The van der Waals surface area contributed by atoms with Crippen LogP contribution in [0.3, 0.4) is 0 Å². The molecule has 0 saturated carbocycles. The number of hydrogen-bond acceptors (Lipinski definition) is 5. The van der Waals surface area contributed by atoms with E-state index in [4.69, 9.17) is 18.6 Å². The zero-order valence-corrected chi connectivity index (χ0v) is 19.2. The molecule has 1 heterocycles. The van der Waals surface area contributed by atoms with Crippen molar-refractivity contribution in [3.05, 3.63) is 0 Å². The monoisotopic (exact) mass is 420 g/mol. The summed E-state index contributed by atoms with van der Waals surface area (Å²) >= 11 is 0. The van der Waals surface area contributed by atoms with Crippen molar-refractivity contribution in [3.8, 4) is 0 Å². The van der Waals surface area contributed by atoms with Crippen LogP contribution in [0.25, 0.3) is 0 Å².